The van der Waals surface area contributed by atoms with Crippen LogP contribution in [-0.4, -0.2) is 21.3 Å². The van der Waals surface area contributed by atoms with E-state index >= 15 is 0 Å². The lowest BCUT2D eigenvalue weighted by Gasteiger charge is -2.10. The highest BCUT2D eigenvalue weighted by molar-refractivity contribution is 7.92. The third kappa shape index (κ3) is 5.49. The van der Waals surface area contributed by atoms with Crippen LogP contribution < -0.4 is 14.8 Å². The summed E-state index contributed by atoms with van der Waals surface area (Å²) in [5.41, 5.74) is 2.64. The van der Waals surface area contributed by atoms with Gasteiger partial charge in [0.15, 0.2) is 0 Å². The molecule has 0 heterocycles. The van der Waals surface area contributed by atoms with E-state index < -0.39 is 10.0 Å². The smallest absolute Gasteiger partial charge is 0.232 e. The fraction of sp³-hybridized carbons (Fsp3) is 0.294. The van der Waals surface area contributed by atoms with Gasteiger partial charge < -0.3 is 10.1 Å². The molecule has 124 valence electrons. The first-order valence-corrected chi connectivity index (χ1v) is 9.15. The Kier molecular flexibility index (Phi) is 5.87. The first kappa shape index (κ1) is 17.1. The van der Waals surface area contributed by atoms with Gasteiger partial charge in [-0.2, -0.15) is 0 Å². The highest BCUT2D eigenvalue weighted by Crippen LogP contribution is 2.17. The topological polar surface area (TPSA) is 67.4 Å². The van der Waals surface area contributed by atoms with E-state index in [4.69, 9.17) is 4.74 Å². The van der Waals surface area contributed by atoms with Crippen molar-refractivity contribution in [3.8, 4) is 5.75 Å². The fourth-order valence-corrected chi connectivity index (χ4v) is 3.24. The van der Waals surface area contributed by atoms with Crippen molar-refractivity contribution in [2.45, 2.75) is 19.9 Å². The van der Waals surface area contributed by atoms with Crippen LogP contribution in [0.15, 0.2) is 48.5 Å². The Morgan fingerprint density at radius 2 is 1.57 bits per heavy atom. The zero-order chi connectivity index (χ0) is 16.7. The van der Waals surface area contributed by atoms with Crippen LogP contribution in [0.4, 0.5) is 11.4 Å². The predicted molar refractivity (Wildman–Crippen MR) is 94.5 cm³/mol. The van der Waals surface area contributed by atoms with Gasteiger partial charge in [-0.25, -0.2) is 8.42 Å². The van der Waals surface area contributed by atoms with Gasteiger partial charge in [0.25, 0.3) is 0 Å². The Labute approximate surface area is 137 Å². The normalized spacial score (nSPS) is 11.0. The first-order valence-electron chi connectivity index (χ1n) is 7.50. The van der Waals surface area contributed by atoms with Crippen LogP contribution >= 0.6 is 0 Å². The van der Waals surface area contributed by atoms with Gasteiger partial charge in [-0.15, -0.1) is 0 Å². The summed E-state index contributed by atoms with van der Waals surface area (Å²) >= 11 is 0. The molecule has 0 aliphatic rings. The number of sulfonamides is 1. The average Bonchev–Trinajstić information content (AvgIpc) is 2.54. The molecule has 2 rings (SSSR count). The first-order chi connectivity index (χ1) is 11.0. The standard InChI is InChI=1S/C17H22N2O3S/c1-3-12-23(20,21)19-16-8-6-15(7-9-16)18-13-14-4-10-17(22-2)11-5-14/h4-11,18-19H,3,12-13H2,1-2H3. The Bertz CT molecular complexity index is 711. The lowest BCUT2D eigenvalue weighted by atomic mass is 10.2. The SMILES string of the molecule is CCCS(=O)(=O)Nc1ccc(NCc2ccc(OC)cc2)cc1. The van der Waals surface area contributed by atoms with Gasteiger partial charge in [-0.05, 0) is 48.4 Å². The van der Waals surface area contributed by atoms with E-state index in [0.717, 1.165) is 17.0 Å². The monoisotopic (exact) mass is 334 g/mol. The second-order valence-corrected chi connectivity index (χ2v) is 7.04. The van der Waals surface area contributed by atoms with E-state index in [-0.39, 0.29) is 5.75 Å². The summed E-state index contributed by atoms with van der Waals surface area (Å²) in [5.74, 6) is 0.960. The summed E-state index contributed by atoms with van der Waals surface area (Å²) in [7, 11) is -1.60. The van der Waals surface area contributed by atoms with Crippen molar-refractivity contribution in [3.05, 3.63) is 54.1 Å². The molecular weight excluding hydrogens is 312 g/mol. The maximum Gasteiger partial charge on any atom is 0.232 e. The van der Waals surface area contributed by atoms with Crippen LogP contribution in [0.3, 0.4) is 0 Å². The number of hydrogen-bond donors (Lipinski definition) is 2. The largest absolute Gasteiger partial charge is 0.497 e. The lowest BCUT2D eigenvalue weighted by Crippen LogP contribution is -2.15. The molecule has 5 nitrogen and oxygen atoms in total. The summed E-state index contributed by atoms with van der Waals surface area (Å²) in [6.45, 7) is 2.52. The Morgan fingerprint density at radius 1 is 0.957 bits per heavy atom. The van der Waals surface area contributed by atoms with Crippen LogP contribution in [0.2, 0.25) is 0 Å². The van der Waals surface area contributed by atoms with Crippen molar-refractivity contribution in [3.63, 3.8) is 0 Å². The molecular formula is C17H22N2O3S. The number of benzene rings is 2. The minimum atomic E-state index is -3.24. The third-order valence-corrected chi connectivity index (χ3v) is 4.78. The van der Waals surface area contributed by atoms with Crippen molar-refractivity contribution < 1.29 is 13.2 Å². The van der Waals surface area contributed by atoms with E-state index in [1.165, 1.54) is 0 Å². The molecule has 2 aromatic carbocycles. The number of anilines is 2. The molecule has 0 saturated carbocycles. The average molecular weight is 334 g/mol. The zero-order valence-corrected chi connectivity index (χ0v) is 14.2. The van der Waals surface area contributed by atoms with E-state index in [0.29, 0.717) is 18.7 Å². The van der Waals surface area contributed by atoms with E-state index in [9.17, 15) is 8.42 Å². The van der Waals surface area contributed by atoms with Crippen molar-refractivity contribution in [1.29, 1.82) is 0 Å². The van der Waals surface area contributed by atoms with Crippen molar-refractivity contribution in [1.82, 2.24) is 0 Å². The molecule has 0 radical (unpaired) electrons. The van der Waals surface area contributed by atoms with Crippen LogP contribution in [0.1, 0.15) is 18.9 Å². The van der Waals surface area contributed by atoms with Gasteiger partial charge in [0.1, 0.15) is 5.75 Å². The molecule has 0 aromatic heterocycles. The Hall–Kier alpha value is -2.21. The van der Waals surface area contributed by atoms with E-state index in [2.05, 4.69) is 10.0 Å². The van der Waals surface area contributed by atoms with Crippen LogP contribution in [0.25, 0.3) is 0 Å². The molecule has 0 amide bonds. The number of hydrogen-bond acceptors (Lipinski definition) is 4. The lowest BCUT2D eigenvalue weighted by molar-refractivity contribution is 0.414. The van der Waals surface area contributed by atoms with Crippen LogP contribution in [0, 0.1) is 0 Å². The molecule has 0 atom stereocenters. The summed E-state index contributed by atoms with van der Waals surface area (Å²) in [6.07, 6.45) is 0.594. The second-order valence-electron chi connectivity index (χ2n) is 5.20. The summed E-state index contributed by atoms with van der Waals surface area (Å²) in [6, 6.07) is 15.1. The molecule has 0 aliphatic carbocycles. The third-order valence-electron chi connectivity index (χ3n) is 3.29. The quantitative estimate of drug-likeness (QED) is 0.776. The Balaban J connectivity index is 1.91. The van der Waals surface area contributed by atoms with E-state index in [1.54, 1.807) is 19.2 Å². The second kappa shape index (κ2) is 7.87. The van der Waals surface area contributed by atoms with Crippen molar-refractivity contribution >= 4 is 21.4 Å². The van der Waals surface area contributed by atoms with Gasteiger partial charge in [0.2, 0.25) is 10.0 Å². The maximum absolute atomic E-state index is 11.7. The summed E-state index contributed by atoms with van der Waals surface area (Å²) in [4.78, 5) is 0. The van der Waals surface area contributed by atoms with Crippen LogP contribution in [-0.2, 0) is 16.6 Å². The summed E-state index contributed by atoms with van der Waals surface area (Å²) in [5, 5.41) is 3.30. The molecule has 0 spiro atoms. The maximum atomic E-state index is 11.7. The molecule has 6 heteroatoms. The van der Waals surface area contributed by atoms with Gasteiger partial charge in [-0.1, -0.05) is 19.1 Å². The highest BCUT2D eigenvalue weighted by atomic mass is 32.2. The molecule has 2 N–H and O–H groups in total. The highest BCUT2D eigenvalue weighted by Gasteiger charge is 2.08. The fourth-order valence-electron chi connectivity index (χ4n) is 2.10. The summed E-state index contributed by atoms with van der Waals surface area (Å²) < 4.78 is 31.1. The number of methoxy groups -OCH3 is 1. The van der Waals surface area contributed by atoms with E-state index in [1.807, 2.05) is 43.3 Å². The predicted octanol–water partition coefficient (Wildman–Crippen LogP) is 3.46. The number of nitrogens with one attached hydrogen (secondary N) is 2. The molecule has 0 saturated heterocycles. The molecule has 23 heavy (non-hydrogen) atoms. The molecule has 0 fully saturated rings. The van der Waals surface area contributed by atoms with Gasteiger partial charge in [-0.3, -0.25) is 4.72 Å². The molecule has 0 unspecified atom stereocenters. The molecule has 2 aromatic rings. The van der Waals surface area contributed by atoms with Crippen LogP contribution in [0.5, 0.6) is 5.75 Å². The number of rotatable bonds is 8. The molecule has 0 bridgehead atoms. The van der Waals surface area contributed by atoms with Gasteiger partial charge >= 0.3 is 0 Å². The minimum absolute atomic E-state index is 0.129. The molecule has 0 aliphatic heterocycles. The minimum Gasteiger partial charge on any atom is -0.497 e. The Morgan fingerprint density at radius 3 is 2.13 bits per heavy atom. The van der Waals surface area contributed by atoms with Crippen molar-refractivity contribution in [2.75, 3.05) is 22.9 Å². The van der Waals surface area contributed by atoms with Gasteiger partial charge in [0, 0.05) is 17.9 Å². The number of ether oxygens (including phenoxy) is 1. The van der Waals surface area contributed by atoms with Crippen molar-refractivity contribution in [2.24, 2.45) is 0 Å². The van der Waals surface area contributed by atoms with Gasteiger partial charge in [0.05, 0.1) is 12.9 Å². The zero-order valence-electron chi connectivity index (χ0n) is 13.4.